The maximum Gasteiger partial charge on any atom is 0.225 e. The van der Waals surface area contributed by atoms with Crippen molar-refractivity contribution in [2.45, 2.75) is 58.0 Å². The van der Waals surface area contributed by atoms with Crippen molar-refractivity contribution in [2.24, 2.45) is 18.0 Å². The third-order valence-corrected chi connectivity index (χ3v) is 5.77. The molecule has 0 radical (unpaired) electrons. The monoisotopic (exact) mass is 387 g/mol. The lowest BCUT2D eigenvalue weighted by Gasteiger charge is -2.26. The molecule has 0 aromatic carbocycles. The Morgan fingerprint density at radius 2 is 2.07 bits per heavy atom. The molecule has 1 atom stereocenters. The molecule has 1 aliphatic carbocycles. The lowest BCUT2D eigenvalue weighted by Crippen LogP contribution is -2.45. The first-order valence-electron chi connectivity index (χ1n) is 10.4. The van der Waals surface area contributed by atoms with E-state index in [4.69, 9.17) is 0 Å². The van der Waals surface area contributed by atoms with Gasteiger partial charge in [-0.3, -0.25) is 4.79 Å². The fraction of sp³-hybridized carbons (Fsp3) is 0.700. The van der Waals surface area contributed by atoms with Gasteiger partial charge in [-0.15, -0.1) is 16.8 Å². The van der Waals surface area contributed by atoms with E-state index in [2.05, 4.69) is 32.4 Å². The van der Waals surface area contributed by atoms with Crippen LogP contribution in [-0.2, 0) is 18.4 Å². The molecule has 1 aliphatic heterocycles. The van der Waals surface area contributed by atoms with Crippen LogP contribution >= 0.6 is 0 Å². The van der Waals surface area contributed by atoms with Crippen LogP contribution in [0.1, 0.15) is 50.2 Å². The first-order chi connectivity index (χ1) is 13.6. The van der Waals surface area contributed by atoms with Crippen molar-refractivity contribution in [3.8, 4) is 0 Å². The molecule has 1 saturated carbocycles. The van der Waals surface area contributed by atoms with Crippen LogP contribution in [0.2, 0.25) is 0 Å². The van der Waals surface area contributed by atoms with Gasteiger partial charge in [0.1, 0.15) is 12.4 Å². The molecule has 8 nitrogen and oxygen atoms in total. The van der Waals surface area contributed by atoms with Gasteiger partial charge < -0.3 is 20.1 Å². The summed E-state index contributed by atoms with van der Waals surface area (Å²) < 4.78 is 1.94. The molecule has 0 spiro atoms. The molecule has 1 aromatic rings. The zero-order chi connectivity index (χ0) is 19.9. The molecular formula is C20H33N7O. The number of nitrogens with zero attached hydrogens (tertiary/aromatic N) is 5. The van der Waals surface area contributed by atoms with E-state index in [0.29, 0.717) is 19.0 Å². The fourth-order valence-electron chi connectivity index (χ4n) is 3.94. The summed E-state index contributed by atoms with van der Waals surface area (Å²) in [6.07, 6.45) is 8.50. The number of amides is 1. The molecule has 1 saturated heterocycles. The number of carbonyl (C=O) groups excluding carboxylic acids is 1. The summed E-state index contributed by atoms with van der Waals surface area (Å²) in [7, 11) is 1.94. The zero-order valence-electron chi connectivity index (χ0n) is 17.2. The number of guanidine groups is 1. The molecule has 154 valence electrons. The van der Waals surface area contributed by atoms with Crippen LogP contribution in [0.4, 0.5) is 0 Å². The van der Waals surface area contributed by atoms with Crippen molar-refractivity contribution in [3.05, 3.63) is 24.3 Å². The van der Waals surface area contributed by atoms with Crippen molar-refractivity contribution in [3.63, 3.8) is 0 Å². The maximum atomic E-state index is 12.8. The minimum Gasteiger partial charge on any atom is -0.353 e. The predicted molar refractivity (Wildman–Crippen MR) is 110 cm³/mol. The van der Waals surface area contributed by atoms with Crippen LogP contribution < -0.4 is 10.6 Å². The van der Waals surface area contributed by atoms with Crippen LogP contribution in [-0.4, -0.2) is 57.2 Å². The standard InChI is InChI=1S/C20H33N7O/c1-4-11-21-20(22-13-18-25-24-15(2)26(18)3)23-17-10-12-27(14-17)19(28)16-8-6-5-7-9-16/h4,16-17H,1,5-14H2,2-3H3,(H2,21,22,23). The summed E-state index contributed by atoms with van der Waals surface area (Å²) in [6, 6.07) is 0.213. The van der Waals surface area contributed by atoms with Crippen molar-refractivity contribution >= 4 is 11.9 Å². The Morgan fingerprint density at radius 1 is 1.29 bits per heavy atom. The molecule has 8 heteroatoms. The molecule has 2 N–H and O–H groups in total. The molecule has 0 bridgehead atoms. The van der Waals surface area contributed by atoms with E-state index in [0.717, 1.165) is 50.0 Å². The average molecular weight is 388 g/mol. The van der Waals surface area contributed by atoms with Crippen LogP contribution in [0.15, 0.2) is 17.6 Å². The third-order valence-electron chi connectivity index (χ3n) is 5.77. The Morgan fingerprint density at radius 3 is 2.75 bits per heavy atom. The Kier molecular flexibility index (Phi) is 7.06. The van der Waals surface area contributed by atoms with Gasteiger partial charge in [-0.25, -0.2) is 4.99 Å². The van der Waals surface area contributed by atoms with E-state index in [-0.39, 0.29) is 12.0 Å². The topological polar surface area (TPSA) is 87.4 Å². The summed E-state index contributed by atoms with van der Waals surface area (Å²) in [6.45, 7) is 8.32. The zero-order valence-corrected chi connectivity index (χ0v) is 17.2. The number of aromatic nitrogens is 3. The highest BCUT2D eigenvalue weighted by atomic mass is 16.2. The van der Waals surface area contributed by atoms with Gasteiger partial charge in [-0.1, -0.05) is 25.3 Å². The highest BCUT2D eigenvalue weighted by molar-refractivity contribution is 5.81. The Bertz CT molecular complexity index is 705. The summed E-state index contributed by atoms with van der Waals surface area (Å²) >= 11 is 0. The van der Waals surface area contributed by atoms with E-state index in [1.807, 2.05) is 23.4 Å². The van der Waals surface area contributed by atoms with Gasteiger partial charge in [0.05, 0.1) is 0 Å². The number of rotatable bonds is 6. The molecule has 1 amide bonds. The highest BCUT2D eigenvalue weighted by Crippen LogP contribution is 2.26. The van der Waals surface area contributed by atoms with E-state index < -0.39 is 0 Å². The molecule has 28 heavy (non-hydrogen) atoms. The largest absolute Gasteiger partial charge is 0.353 e. The van der Waals surface area contributed by atoms with Gasteiger partial charge in [-0.2, -0.15) is 0 Å². The third kappa shape index (κ3) is 5.11. The number of carbonyl (C=O) groups is 1. The second kappa shape index (κ2) is 9.71. The van der Waals surface area contributed by atoms with Crippen LogP contribution in [0.3, 0.4) is 0 Å². The van der Waals surface area contributed by atoms with E-state index in [1.54, 1.807) is 6.08 Å². The summed E-state index contributed by atoms with van der Waals surface area (Å²) in [5.74, 6) is 2.98. The Hall–Kier alpha value is -2.38. The average Bonchev–Trinajstić information content (AvgIpc) is 3.31. The highest BCUT2D eigenvalue weighted by Gasteiger charge is 2.31. The number of aryl methyl sites for hydroxylation is 1. The second-order valence-electron chi connectivity index (χ2n) is 7.81. The van der Waals surface area contributed by atoms with Gasteiger partial charge in [0.25, 0.3) is 0 Å². The SMILES string of the molecule is C=CCNC(=NCc1nnc(C)n1C)NC1CCN(C(=O)C2CCCCC2)C1. The normalized spacial score (nSPS) is 21.0. The molecule has 2 aliphatic rings. The van der Waals surface area contributed by atoms with Crippen molar-refractivity contribution in [1.29, 1.82) is 0 Å². The number of hydrogen-bond donors (Lipinski definition) is 2. The summed E-state index contributed by atoms with van der Waals surface area (Å²) in [5, 5.41) is 15.0. The maximum absolute atomic E-state index is 12.8. The number of aliphatic imine (C=N–C) groups is 1. The summed E-state index contributed by atoms with van der Waals surface area (Å²) in [4.78, 5) is 19.5. The first kappa shape index (κ1) is 20.4. The lowest BCUT2D eigenvalue weighted by atomic mass is 9.88. The predicted octanol–water partition coefficient (Wildman–Crippen LogP) is 1.53. The second-order valence-corrected chi connectivity index (χ2v) is 7.81. The minimum atomic E-state index is 0.213. The Labute approximate surface area is 167 Å². The molecule has 1 unspecified atom stereocenters. The van der Waals surface area contributed by atoms with E-state index >= 15 is 0 Å². The van der Waals surface area contributed by atoms with Gasteiger partial charge in [-0.05, 0) is 26.2 Å². The smallest absolute Gasteiger partial charge is 0.225 e. The number of nitrogens with one attached hydrogen (secondary N) is 2. The van der Waals surface area contributed by atoms with Gasteiger partial charge >= 0.3 is 0 Å². The number of hydrogen-bond acceptors (Lipinski definition) is 4. The Balaban J connectivity index is 1.56. The van der Waals surface area contributed by atoms with E-state index in [1.165, 1.54) is 19.3 Å². The lowest BCUT2D eigenvalue weighted by molar-refractivity contribution is -0.135. The molecule has 2 heterocycles. The van der Waals surface area contributed by atoms with Crippen molar-refractivity contribution < 1.29 is 4.79 Å². The quantitative estimate of drug-likeness (QED) is 0.439. The van der Waals surface area contributed by atoms with Crippen molar-refractivity contribution in [1.82, 2.24) is 30.3 Å². The van der Waals surface area contributed by atoms with Crippen LogP contribution in [0.5, 0.6) is 0 Å². The molecule has 3 rings (SSSR count). The van der Waals surface area contributed by atoms with Gasteiger partial charge in [0, 0.05) is 38.6 Å². The summed E-state index contributed by atoms with van der Waals surface area (Å²) in [5.41, 5.74) is 0. The first-order valence-corrected chi connectivity index (χ1v) is 10.4. The van der Waals surface area contributed by atoms with Crippen molar-refractivity contribution in [2.75, 3.05) is 19.6 Å². The fourth-order valence-corrected chi connectivity index (χ4v) is 3.94. The molecule has 2 fully saturated rings. The molecule has 1 aromatic heterocycles. The minimum absolute atomic E-state index is 0.213. The van der Waals surface area contributed by atoms with Gasteiger partial charge in [0.2, 0.25) is 5.91 Å². The number of likely N-dealkylation sites (tertiary alicyclic amines) is 1. The van der Waals surface area contributed by atoms with Crippen LogP contribution in [0, 0.1) is 12.8 Å². The van der Waals surface area contributed by atoms with Crippen LogP contribution in [0.25, 0.3) is 0 Å². The van der Waals surface area contributed by atoms with E-state index in [9.17, 15) is 4.79 Å². The van der Waals surface area contributed by atoms with Gasteiger partial charge in [0.15, 0.2) is 11.8 Å². The molecular weight excluding hydrogens is 354 g/mol.